The van der Waals surface area contributed by atoms with Crippen LogP contribution in [-0.4, -0.2) is 27.4 Å². The summed E-state index contributed by atoms with van der Waals surface area (Å²) in [5.41, 5.74) is -0.252. The van der Waals surface area contributed by atoms with Gasteiger partial charge in [0.1, 0.15) is 0 Å². The lowest BCUT2D eigenvalue weighted by Gasteiger charge is -2.31. The van der Waals surface area contributed by atoms with Crippen LogP contribution in [0.1, 0.15) is 49.0 Å². The molecule has 22 heavy (non-hydrogen) atoms. The van der Waals surface area contributed by atoms with E-state index >= 15 is 0 Å². The molecular formula is C15H20N2O5. The topological polar surface area (TPSA) is 110 Å². The van der Waals surface area contributed by atoms with E-state index in [1.165, 1.54) is 18.2 Å². The number of non-ortho nitro benzene ring substituents is 1. The lowest BCUT2D eigenvalue weighted by Crippen LogP contribution is -2.49. The van der Waals surface area contributed by atoms with Crippen LogP contribution in [0.4, 0.5) is 5.69 Å². The molecule has 1 amide bonds. The van der Waals surface area contributed by atoms with E-state index in [-0.39, 0.29) is 17.7 Å². The molecule has 0 bridgehead atoms. The van der Waals surface area contributed by atoms with E-state index in [2.05, 4.69) is 5.32 Å². The van der Waals surface area contributed by atoms with Gasteiger partial charge in [-0.05, 0) is 25.3 Å². The Kier molecular flexibility index (Phi) is 5.62. The molecule has 1 aromatic rings. The minimum atomic E-state index is -1.00. The third-order valence-electron chi connectivity index (χ3n) is 3.90. The van der Waals surface area contributed by atoms with Crippen LogP contribution in [0.15, 0.2) is 18.2 Å². The van der Waals surface area contributed by atoms with Crippen LogP contribution in [0.25, 0.3) is 0 Å². The van der Waals surface area contributed by atoms with E-state index in [1.807, 2.05) is 0 Å². The maximum absolute atomic E-state index is 12.4. The molecule has 120 valence electrons. The van der Waals surface area contributed by atoms with Crippen LogP contribution >= 0.6 is 0 Å². The summed E-state index contributed by atoms with van der Waals surface area (Å²) < 4.78 is 0. The fourth-order valence-electron chi connectivity index (χ4n) is 2.29. The highest BCUT2D eigenvalue weighted by atomic mass is 16.6. The molecule has 2 N–H and O–H groups in total. The molecule has 0 aliphatic heterocycles. The summed E-state index contributed by atoms with van der Waals surface area (Å²) in [6.45, 7) is 5.27. The predicted octanol–water partition coefficient (Wildman–Crippen LogP) is 2.67. The first kappa shape index (κ1) is 17.6. The van der Waals surface area contributed by atoms with Gasteiger partial charge in [-0.1, -0.05) is 19.9 Å². The summed E-state index contributed by atoms with van der Waals surface area (Å²) in [6, 6.07) is 4.04. The normalized spacial score (nSPS) is 11.0. The lowest BCUT2D eigenvalue weighted by atomic mass is 9.88. The van der Waals surface area contributed by atoms with E-state index in [0.717, 1.165) is 0 Å². The van der Waals surface area contributed by atoms with Crippen molar-refractivity contribution in [3.05, 3.63) is 39.4 Å². The number of nitro benzene ring substituents is 1. The number of carbonyl (C=O) groups is 2. The van der Waals surface area contributed by atoms with Crippen LogP contribution in [0.5, 0.6) is 0 Å². The highest BCUT2D eigenvalue weighted by Crippen LogP contribution is 2.23. The van der Waals surface area contributed by atoms with Crippen LogP contribution in [-0.2, 0) is 4.79 Å². The summed E-state index contributed by atoms with van der Waals surface area (Å²) in [5, 5.41) is 22.6. The number of hydrogen-bond donors (Lipinski definition) is 2. The van der Waals surface area contributed by atoms with E-state index in [1.54, 1.807) is 20.8 Å². The quantitative estimate of drug-likeness (QED) is 0.594. The van der Waals surface area contributed by atoms with Crippen LogP contribution < -0.4 is 5.32 Å². The number of hydrogen-bond acceptors (Lipinski definition) is 4. The van der Waals surface area contributed by atoms with Gasteiger partial charge in [0.05, 0.1) is 16.9 Å². The molecule has 1 aromatic carbocycles. The van der Waals surface area contributed by atoms with Gasteiger partial charge in [0, 0.05) is 17.7 Å². The Morgan fingerprint density at radius 3 is 2.36 bits per heavy atom. The molecule has 0 radical (unpaired) electrons. The zero-order valence-corrected chi connectivity index (χ0v) is 12.9. The van der Waals surface area contributed by atoms with Crippen molar-refractivity contribution in [2.24, 2.45) is 0 Å². The number of nitro groups is 1. The van der Waals surface area contributed by atoms with Crippen molar-refractivity contribution in [2.45, 2.75) is 45.6 Å². The fraction of sp³-hybridized carbons (Fsp3) is 0.467. The third kappa shape index (κ3) is 4.03. The lowest BCUT2D eigenvalue weighted by molar-refractivity contribution is -0.384. The summed E-state index contributed by atoms with van der Waals surface area (Å²) >= 11 is 0. The molecule has 0 fully saturated rings. The molecule has 0 spiro atoms. The van der Waals surface area contributed by atoms with Crippen molar-refractivity contribution in [3.8, 4) is 0 Å². The molecule has 0 saturated carbocycles. The van der Waals surface area contributed by atoms with E-state index in [4.69, 9.17) is 5.11 Å². The van der Waals surface area contributed by atoms with Crippen molar-refractivity contribution in [3.63, 3.8) is 0 Å². The number of amides is 1. The zero-order chi connectivity index (χ0) is 16.9. The first-order valence-electron chi connectivity index (χ1n) is 7.04. The molecule has 0 atom stereocenters. The minimum Gasteiger partial charge on any atom is -0.481 e. The van der Waals surface area contributed by atoms with Crippen LogP contribution in [0.2, 0.25) is 0 Å². The van der Waals surface area contributed by atoms with Gasteiger partial charge in [0.25, 0.3) is 11.6 Å². The number of carbonyl (C=O) groups excluding carboxylic acids is 1. The standard InChI is InChI=1S/C15H20N2O5/c1-4-15(5-2,9-13(18)19)16-14(20)12-8-11(17(21)22)7-6-10(12)3/h6-8H,4-5,9H2,1-3H3,(H,16,20)(H,18,19). The van der Waals surface area contributed by atoms with Crippen molar-refractivity contribution in [2.75, 3.05) is 0 Å². The number of aliphatic carboxylic acids is 1. The SMILES string of the molecule is CCC(CC)(CC(=O)O)NC(=O)c1cc([N+](=O)[O-])ccc1C. The summed E-state index contributed by atoms with van der Waals surface area (Å²) in [5.74, 6) is -1.49. The highest BCUT2D eigenvalue weighted by Gasteiger charge is 2.32. The average Bonchev–Trinajstić information content (AvgIpc) is 2.45. The molecule has 0 aliphatic rings. The Morgan fingerprint density at radius 2 is 1.91 bits per heavy atom. The molecule has 0 unspecified atom stereocenters. The van der Waals surface area contributed by atoms with Gasteiger partial charge in [-0.15, -0.1) is 0 Å². The van der Waals surface area contributed by atoms with E-state index < -0.39 is 22.3 Å². The molecule has 7 heteroatoms. The predicted molar refractivity (Wildman–Crippen MR) is 80.9 cm³/mol. The van der Waals surface area contributed by atoms with Crippen LogP contribution in [0, 0.1) is 17.0 Å². The number of benzene rings is 1. The van der Waals surface area contributed by atoms with Crippen molar-refractivity contribution < 1.29 is 19.6 Å². The summed E-state index contributed by atoms with van der Waals surface area (Å²) in [4.78, 5) is 33.7. The first-order valence-corrected chi connectivity index (χ1v) is 7.04. The van der Waals surface area contributed by atoms with Gasteiger partial charge in [-0.25, -0.2) is 0 Å². The number of carboxylic acids is 1. The second-order valence-electron chi connectivity index (χ2n) is 5.27. The number of aryl methyl sites for hydroxylation is 1. The number of nitrogens with zero attached hydrogens (tertiary/aromatic N) is 1. The molecular weight excluding hydrogens is 288 g/mol. The Balaban J connectivity index is 3.12. The van der Waals surface area contributed by atoms with Gasteiger partial charge < -0.3 is 10.4 Å². The number of carboxylic acid groups (broad SMARTS) is 1. The highest BCUT2D eigenvalue weighted by molar-refractivity contribution is 5.97. The van der Waals surface area contributed by atoms with E-state index in [9.17, 15) is 19.7 Å². The number of nitrogens with one attached hydrogen (secondary N) is 1. The fourth-order valence-corrected chi connectivity index (χ4v) is 2.29. The smallest absolute Gasteiger partial charge is 0.305 e. The Bertz CT molecular complexity index is 594. The van der Waals surface area contributed by atoms with E-state index in [0.29, 0.717) is 18.4 Å². The van der Waals surface area contributed by atoms with Crippen molar-refractivity contribution >= 4 is 17.6 Å². The zero-order valence-electron chi connectivity index (χ0n) is 12.9. The van der Waals surface area contributed by atoms with Gasteiger partial charge in [0.2, 0.25) is 0 Å². The largest absolute Gasteiger partial charge is 0.481 e. The van der Waals surface area contributed by atoms with Crippen LogP contribution in [0.3, 0.4) is 0 Å². The van der Waals surface area contributed by atoms with Gasteiger partial charge in [-0.2, -0.15) is 0 Å². The van der Waals surface area contributed by atoms with Crippen molar-refractivity contribution in [1.82, 2.24) is 5.32 Å². The minimum absolute atomic E-state index is 0.174. The van der Waals surface area contributed by atoms with Crippen molar-refractivity contribution in [1.29, 1.82) is 0 Å². The Hall–Kier alpha value is -2.44. The summed E-state index contributed by atoms with van der Waals surface area (Å²) in [7, 11) is 0. The number of rotatable bonds is 7. The van der Waals surface area contributed by atoms with Gasteiger partial charge in [0.15, 0.2) is 0 Å². The third-order valence-corrected chi connectivity index (χ3v) is 3.90. The molecule has 7 nitrogen and oxygen atoms in total. The van der Waals surface area contributed by atoms with Gasteiger partial charge in [-0.3, -0.25) is 19.7 Å². The molecule has 1 rings (SSSR count). The molecule has 0 saturated heterocycles. The first-order chi connectivity index (χ1) is 10.2. The Labute approximate surface area is 128 Å². The molecule has 0 aromatic heterocycles. The average molecular weight is 308 g/mol. The second kappa shape index (κ2) is 7.02. The summed E-state index contributed by atoms with van der Waals surface area (Å²) in [6.07, 6.45) is 0.713. The Morgan fingerprint density at radius 1 is 1.32 bits per heavy atom. The second-order valence-corrected chi connectivity index (χ2v) is 5.27. The maximum atomic E-state index is 12.4. The molecule has 0 aliphatic carbocycles. The van der Waals surface area contributed by atoms with Gasteiger partial charge >= 0.3 is 5.97 Å². The maximum Gasteiger partial charge on any atom is 0.305 e. The molecule has 0 heterocycles. The monoisotopic (exact) mass is 308 g/mol.